The molecule has 19 heavy (non-hydrogen) atoms. The largest absolute Gasteiger partial charge is 0.336 e. The van der Waals surface area contributed by atoms with Gasteiger partial charge in [0.2, 0.25) is 5.91 Å². The van der Waals surface area contributed by atoms with Gasteiger partial charge in [0.15, 0.2) is 0 Å². The quantitative estimate of drug-likeness (QED) is 0.732. The Morgan fingerprint density at radius 3 is 3.00 bits per heavy atom. The van der Waals surface area contributed by atoms with E-state index in [0.29, 0.717) is 36.4 Å². The number of carbonyl (C=O) groups is 2. The van der Waals surface area contributed by atoms with Gasteiger partial charge in [-0.15, -0.1) is 0 Å². The van der Waals surface area contributed by atoms with Gasteiger partial charge in [0, 0.05) is 32.1 Å². The minimum Gasteiger partial charge on any atom is -0.336 e. The van der Waals surface area contributed by atoms with E-state index in [4.69, 9.17) is 0 Å². The van der Waals surface area contributed by atoms with Crippen LogP contribution < -0.4 is 0 Å². The number of aromatic nitrogens is 1. The van der Waals surface area contributed by atoms with E-state index in [0.717, 1.165) is 6.42 Å². The van der Waals surface area contributed by atoms with Crippen molar-refractivity contribution in [1.82, 2.24) is 14.8 Å². The number of hydrogen-bond donors (Lipinski definition) is 0. The monoisotopic (exact) mass is 323 g/mol. The van der Waals surface area contributed by atoms with Crippen LogP contribution in [0.1, 0.15) is 23.3 Å². The molecule has 2 fully saturated rings. The van der Waals surface area contributed by atoms with Crippen LogP contribution in [0, 0.1) is 0 Å². The van der Waals surface area contributed by atoms with E-state index in [2.05, 4.69) is 20.9 Å². The van der Waals surface area contributed by atoms with Crippen LogP contribution in [0.5, 0.6) is 0 Å². The number of halogens is 1. The van der Waals surface area contributed by atoms with Crippen LogP contribution >= 0.6 is 15.9 Å². The van der Waals surface area contributed by atoms with E-state index in [-0.39, 0.29) is 17.9 Å². The molecule has 100 valence electrons. The average Bonchev–Trinajstić information content (AvgIpc) is 2.79. The summed E-state index contributed by atoms with van der Waals surface area (Å²) in [7, 11) is 0. The summed E-state index contributed by atoms with van der Waals surface area (Å²) in [5.74, 6) is 0.165. The third-order valence-corrected chi connectivity index (χ3v) is 4.16. The predicted octanol–water partition coefficient (Wildman–Crippen LogP) is 1.29. The maximum atomic E-state index is 12.4. The molecule has 1 aromatic heterocycles. The van der Waals surface area contributed by atoms with Crippen LogP contribution in [0.3, 0.4) is 0 Å². The summed E-state index contributed by atoms with van der Waals surface area (Å²) >= 11 is 3.27. The van der Waals surface area contributed by atoms with Crippen molar-refractivity contribution in [2.24, 2.45) is 0 Å². The number of rotatable bonds is 1. The Kier molecular flexibility index (Phi) is 3.26. The molecule has 0 aromatic carbocycles. The number of carbonyl (C=O) groups excluding carboxylic acids is 2. The van der Waals surface area contributed by atoms with E-state index in [1.807, 2.05) is 4.90 Å². The topological polar surface area (TPSA) is 53.5 Å². The lowest BCUT2D eigenvalue weighted by Gasteiger charge is -2.37. The number of piperazine rings is 1. The van der Waals surface area contributed by atoms with Gasteiger partial charge in [0.05, 0.1) is 0 Å². The van der Waals surface area contributed by atoms with Crippen molar-refractivity contribution in [1.29, 1.82) is 0 Å². The first-order valence-corrected chi connectivity index (χ1v) is 7.16. The van der Waals surface area contributed by atoms with E-state index in [9.17, 15) is 9.59 Å². The average molecular weight is 324 g/mol. The highest BCUT2D eigenvalue weighted by Crippen LogP contribution is 2.23. The second-order valence-electron chi connectivity index (χ2n) is 4.88. The fourth-order valence-electron chi connectivity index (χ4n) is 2.74. The second-order valence-corrected chi connectivity index (χ2v) is 5.69. The molecule has 2 aliphatic rings. The molecular weight excluding hydrogens is 310 g/mol. The highest BCUT2D eigenvalue weighted by molar-refractivity contribution is 9.10. The molecule has 6 heteroatoms. The summed E-state index contributed by atoms with van der Waals surface area (Å²) in [6, 6.07) is 5.51. The molecule has 5 nitrogen and oxygen atoms in total. The molecule has 0 saturated carbocycles. The van der Waals surface area contributed by atoms with Crippen molar-refractivity contribution >= 4 is 27.7 Å². The van der Waals surface area contributed by atoms with Gasteiger partial charge in [0.25, 0.3) is 5.91 Å². The van der Waals surface area contributed by atoms with Gasteiger partial charge in [-0.3, -0.25) is 9.59 Å². The molecule has 0 radical (unpaired) electrons. The van der Waals surface area contributed by atoms with Crippen LogP contribution in [0.15, 0.2) is 22.8 Å². The van der Waals surface area contributed by atoms with Crippen LogP contribution in [0.4, 0.5) is 0 Å². The van der Waals surface area contributed by atoms with Gasteiger partial charge in [-0.05, 0) is 34.5 Å². The third-order valence-electron chi connectivity index (χ3n) is 3.72. The van der Waals surface area contributed by atoms with Crippen molar-refractivity contribution in [3.05, 3.63) is 28.5 Å². The standard InChI is InChI=1S/C13H14BrN3O2/c14-11-3-1-2-10(15-11)13(19)16-6-7-17-9(8-16)4-5-12(17)18/h1-3,9H,4-8H2. The number of hydrogen-bond acceptors (Lipinski definition) is 3. The molecule has 1 aromatic rings. The van der Waals surface area contributed by atoms with Gasteiger partial charge in [0.1, 0.15) is 10.3 Å². The maximum absolute atomic E-state index is 12.4. The third kappa shape index (κ3) is 2.36. The molecule has 0 bridgehead atoms. The Balaban J connectivity index is 1.74. The molecule has 1 unspecified atom stereocenters. The first-order valence-electron chi connectivity index (χ1n) is 6.36. The van der Waals surface area contributed by atoms with Gasteiger partial charge in [-0.25, -0.2) is 4.98 Å². The molecule has 3 heterocycles. The van der Waals surface area contributed by atoms with Gasteiger partial charge in [-0.2, -0.15) is 0 Å². The zero-order valence-electron chi connectivity index (χ0n) is 10.4. The molecule has 0 spiro atoms. The summed E-state index contributed by atoms with van der Waals surface area (Å²) in [6.45, 7) is 1.86. The van der Waals surface area contributed by atoms with Crippen molar-refractivity contribution < 1.29 is 9.59 Å². The Hall–Kier alpha value is -1.43. The van der Waals surface area contributed by atoms with Crippen molar-refractivity contribution in [2.45, 2.75) is 18.9 Å². The van der Waals surface area contributed by atoms with Crippen LogP contribution in [0.25, 0.3) is 0 Å². The lowest BCUT2D eigenvalue weighted by molar-refractivity contribution is -0.130. The first kappa shape index (κ1) is 12.6. The van der Waals surface area contributed by atoms with E-state index >= 15 is 0 Å². The SMILES string of the molecule is O=C(c1cccc(Br)n1)N1CCN2C(=O)CCC2C1. The number of pyridine rings is 1. The summed E-state index contributed by atoms with van der Waals surface area (Å²) in [5.41, 5.74) is 0.451. The van der Waals surface area contributed by atoms with Crippen molar-refractivity contribution in [2.75, 3.05) is 19.6 Å². The minimum atomic E-state index is -0.0553. The summed E-state index contributed by atoms with van der Waals surface area (Å²) in [4.78, 5) is 31.9. The molecule has 2 amide bonds. The first-order chi connectivity index (χ1) is 9.15. The van der Waals surface area contributed by atoms with Crippen molar-refractivity contribution in [3.8, 4) is 0 Å². The summed E-state index contributed by atoms with van der Waals surface area (Å²) in [6.07, 6.45) is 1.47. The molecule has 0 aliphatic carbocycles. The molecule has 2 aliphatic heterocycles. The maximum Gasteiger partial charge on any atom is 0.272 e. The predicted molar refractivity (Wildman–Crippen MR) is 72.6 cm³/mol. The summed E-state index contributed by atoms with van der Waals surface area (Å²) < 4.78 is 0.660. The molecular formula is C13H14BrN3O2. The molecule has 3 rings (SSSR count). The van der Waals surface area contributed by atoms with Crippen molar-refractivity contribution in [3.63, 3.8) is 0 Å². The summed E-state index contributed by atoms with van der Waals surface area (Å²) in [5, 5.41) is 0. The normalized spacial score (nSPS) is 22.6. The highest BCUT2D eigenvalue weighted by atomic mass is 79.9. The Morgan fingerprint density at radius 1 is 1.37 bits per heavy atom. The van der Waals surface area contributed by atoms with Gasteiger partial charge in [-0.1, -0.05) is 6.07 Å². The molecule has 0 N–H and O–H groups in total. The van der Waals surface area contributed by atoms with Gasteiger partial charge < -0.3 is 9.80 Å². The smallest absolute Gasteiger partial charge is 0.272 e. The van der Waals surface area contributed by atoms with E-state index < -0.39 is 0 Å². The second kappa shape index (κ2) is 4.92. The van der Waals surface area contributed by atoms with Gasteiger partial charge >= 0.3 is 0 Å². The molecule has 1 atom stereocenters. The Labute approximate surface area is 119 Å². The highest BCUT2D eigenvalue weighted by Gasteiger charge is 2.37. The molecule has 2 saturated heterocycles. The Bertz CT molecular complexity index is 534. The number of amides is 2. The zero-order valence-corrected chi connectivity index (χ0v) is 12.0. The fraction of sp³-hybridized carbons (Fsp3) is 0.462. The minimum absolute atomic E-state index is 0.0553. The lowest BCUT2D eigenvalue weighted by atomic mass is 10.1. The number of nitrogens with zero attached hydrogens (tertiary/aromatic N) is 3. The van der Waals surface area contributed by atoms with Crippen LogP contribution in [-0.2, 0) is 4.79 Å². The zero-order chi connectivity index (χ0) is 13.4. The van der Waals surface area contributed by atoms with Crippen LogP contribution in [-0.4, -0.2) is 52.3 Å². The van der Waals surface area contributed by atoms with E-state index in [1.165, 1.54) is 0 Å². The van der Waals surface area contributed by atoms with E-state index in [1.54, 1.807) is 23.1 Å². The fourth-order valence-corrected chi connectivity index (χ4v) is 3.08. The number of fused-ring (bicyclic) bond motifs is 1. The van der Waals surface area contributed by atoms with Crippen LogP contribution in [0.2, 0.25) is 0 Å². The lowest BCUT2D eigenvalue weighted by Crippen LogP contribution is -2.53. The Morgan fingerprint density at radius 2 is 2.21 bits per heavy atom.